The average Bonchev–Trinajstić information content (AvgIpc) is 2.42. The van der Waals surface area contributed by atoms with Crippen LogP contribution in [0.3, 0.4) is 0 Å². The quantitative estimate of drug-likeness (QED) is 0.891. The zero-order chi connectivity index (χ0) is 12.8. The van der Waals surface area contributed by atoms with E-state index in [1.165, 1.54) is 0 Å². The third-order valence-corrected chi connectivity index (χ3v) is 2.47. The van der Waals surface area contributed by atoms with Gasteiger partial charge in [-0.05, 0) is 31.2 Å². The lowest BCUT2D eigenvalue weighted by molar-refractivity contribution is 0.102. The molecule has 0 saturated carbocycles. The van der Waals surface area contributed by atoms with Crippen LogP contribution in [0, 0.1) is 0 Å². The molecule has 2 rings (SSSR count). The minimum atomic E-state index is -0.136. The van der Waals surface area contributed by atoms with E-state index in [9.17, 15) is 4.79 Å². The second-order valence-electron chi connectivity index (χ2n) is 3.75. The summed E-state index contributed by atoms with van der Waals surface area (Å²) in [6, 6.07) is 16.5. The van der Waals surface area contributed by atoms with Crippen LogP contribution in [-0.2, 0) is 0 Å². The summed E-state index contributed by atoms with van der Waals surface area (Å²) < 4.78 is 5.46. The van der Waals surface area contributed by atoms with Crippen LogP contribution in [0.4, 0.5) is 5.69 Å². The molecular weight excluding hydrogens is 226 g/mol. The number of para-hydroxylation sites is 2. The Bertz CT molecular complexity index is 523. The Morgan fingerprint density at radius 1 is 1.06 bits per heavy atom. The molecule has 0 radical (unpaired) electrons. The summed E-state index contributed by atoms with van der Waals surface area (Å²) in [6.07, 6.45) is 0. The molecule has 1 amide bonds. The van der Waals surface area contributed by atoms with E-state index in [0.717, 1.165) is 0 Å². The topological polar surface area (TPSA) is 38.3 Å². The molecule has 3 nitrogen and oxygen atoms in total. The summed E-state index contributed by atoms with van der Waals surface area (Å²) in [5.74, 6) is 0.548. The van der Waals surface area contributed by atoms with Gasteiger partial charge in [0.05, 0.1) is 12.3 Å². The standard InChI is InChI=1S/C15H15NO2/c1-2-18-14-11-7-6-10-13(14)16-15(17)12-8-4-3-5-9-12/h3-11H,2H2,1H3,(H,16,17). The normalized spacial score (nSPS) is 9.83. The summed E-state index contributed by atoms with van der Waals surface area (Å²) in [5, 5.41) is 2.85. The number of anilines is 1. The van der Waals surface area contributed by atoms with Crippen LogP contribution < -0.4 is 10.1 Å². The summed E-state index contributed by atoms with van der Waals surface area (Å²) in [4.78, 5) is 12.0. The van der Waals surface area contributed by atoms with Gasteiger partial charge in [-0.2, -0.15) is 0 Å². The molecule has 0 aliphatic carbocycles. The molecule has 0 aromatic heterocycles. The SMILES string of the molecule is CCOc1ccccc1NC(=O)c1ccccc1. The molecule has 92 valence electrons. The van der Waals surface area contributed by atoms with Gasteiger partial charge < -0.3 is 10.1 Å². The van der Waals surface area contributed by atoms with Gasteiger partial charge in [0.2, 0.25) is 0 Å². The van der Waals surface area contributed by atoms with Gasteiger partial charge in [0.25, 0.3) is 5.91 Å². The predicted molar refractivity (Wildman–Crippen MR) is 72.0 cm³/mol. The maximum absolute atomic E-state index is 12.0. The minimum absolute atomic E-state index is 0.136. The lowest BCUT2D eigenvalue weighted by atomic mass is 10.2. The van der Waals surface area contributed by atoms with E-state index >= 15 is 0 Å². The second-order valence-corrected chi connectivity index (χ2v) is 3.75. The first-order valence-electron chi connectivity index (χ1n) is 5.89. The first-order valence-corrected chi connectivity index (χ1v) is 5.89. The highest BCUT2D eigenvalue weighted by atomic mass is 16.5. The summed E-state index contributed by atoms with van der Waals surface area (Å²) in [6.45, 7) is 2.48. The van der Waals surface area contributed by atoms with Crippen molar-refractivity contribution in [2.45, 2.75) is 6.92 Å². The zero-order valence-electron chi connectivity index (χ0n) is 10.2. The zero-order valence-corrected chi connectivity index (χ0v) is 10.2. The number of carbonyl (C=O) groups excluding carboxylic acids is 1. The van der Waals surface area contributed by atoms with Crippen molar-refractivity contribution in [3.8, 4) is 5.75 Å². The number of carbonyl (C=O) groups is 1. The lowest BCUT2D eigenvalue weighted by Gasteiger charge is -2.11. The van der Waals surface area contributed by atoms with Crippen LogP contribution >= 0.6 is 0 Å². The van der Waals surface area contributed by atoms with Crippen molar-refractivity contribution >= 4 is 11.6 Å². The van der Waals surface area contributed by atoms with E-state index in [4.69, 9.17) is 4.74 Å². The summed E-state index contributed by atoms with van der Waals surface area (Å²) >= 11 is 0. The van der Waals surface area contributed by atoms with E-state index in [1.54, 1.807) is 12.1 Å². The van der Waals surface area contributed by atoms with E-state index in [-0.39, 0.29) is 5.91 Å². The second kappa shape index (κ2) is 5.87. The van der Waals surface area contributed by atoms with Crippen LogP contribution in [0.1, 0.15) is 17.3 Å². The number of hydrogen-bond acceptors (Lipinski definition) is 2. The fourth-order valence-corrected chi connectivity index (χ4v) is 1.64. The van der Waals surface area contributed by atoms with Gasteiger partial charge in [0.15, 0.2) is 0 Å². The molecule has 0 heterocycles. The Kier molecular flexibility index (Phi) is 3.97. The molecular formula is C15H15NO2. The van der Waals surface area contributed by atoms with Crippen molar-refractivity contribution in [3.63, 3.8) is 0 Å². The summed E-state index contributed by atoms with van der Waals surface area (Å²) in [7, 11) is 0. The van der Waals surface area contributed by atoms with Crippen molar-refractivity contribution in [2.24, 2.45) is 0 Å². The molecule has 0 aliphatic heterocycles. The Hall–Kier alpha value is -2.29. The highest BCUT2D eigenvalue weighted by Crippen LogP contribution is 2.24. The summed E-state index contributed by atoms with van der Waals surface area (Å²) in [5.41, 5.74) is 1.32. The fraction of sp³-hybridized carbons (Fsp3) is 0.133. The van der Waals surface area contributed by atoms with Gasteiger partial charge >= 0.3 is 0 Å². The van der Waals surface area contributed by atoms with Crippen molar-refractivity contribution in [2.75, 3.05) is 11.9 Å². The molecule has 2 aromatic rings. The van der Waals surface area contributed by atoms with Gasteiger partial charge in [-0.15, -0.1) is 0 Å². The average molecular weight is 241 g/mol. The Morgan fingerprint density at radius 2 is 1.72 bits per heavy atom. The Labute approximate surface area is 106 Å². The van der Waals surface area contributed by atoms with Crippen LogP contribution in [0.15, 0.2) is 54.6 Å². The number of nitrogens with one attached hydrogen (secondary N) is 1. The molecule has 2 aromatic carbocycles. The third-order valence-electron chi connectivity index (χ3n) is 2.47. The van der Waals surface area contributed by atoms with Gasteiger partial charge in [-0.25, -0.2) is 0 Å². The number of amides is 1. The van der Waals surface area contributed by atoms with Gasteiger partial charge in [0, 0.05) is 5.56 Å². The lowest BCUT2D eigenvalue weighted by Crippen LogP contribution is -2.12. The predicted octanol–water partition coefficient (Wildman–Crippen LogP) is 3.34. The van der Waals surface area contributed by atoms with E-state index in [1.807, 2.05) is 49.4 Å². The highest BCUT2D eigenvalue weighted by Gasteiger charge is 2.08. The first kappa shape index (κ1) is 12.2. The van der Waals surface area contributed by atoms with Crippen molar-refractivity contribution in [1.29, 1.82) is 0 Å². The van der Waals surface area contributed by atoms with Crippen molar-refractivity contribution in [3.05, 3.63) is 60.2 Å². The van der Waals surface area contributed by atoms with E-state index < -0.39 is 0 Å². The smallest absolute Gasteiger partial charge is 0.255 e. The third kappa shape index (κ3) is 2.88. The first-order chi connectivity index (χ1) is 8.81. The van der Waals surface area contributed by atoms with Gasteiger partial charge in [0.1, 0.15) is 5.75 Å². The van der Waals surface area contributed by atoms with E-state index in [0.29, 0.717) is 23.6 Å². The van der Waals surface area contributed by atoms with Crippen LogP contribution in [0.5, 0.6) is 5.75 Å². The van der Waals surface area contributed by atoms with Crippen LogP contribution in [0.25, 0.3) is 0 Å². The molecule has 0 bridgehead atoms. The molecule has 0 saturated heterocycles. The molecule has 18 heavy (non-hydrogen) atoms. The van der Waals surface area contributed by atoms with Gasteiger partial charge in [-0.1, -0.05) is 30.3 Å². The number of ether oxygens (including phenoxy) is 1. The molecule has 0 spiro atoms. The maximum Gasteiger partial charge on any atom is 0.255 e. The molecule has 1 N–H and O–H groups in total. The molecule has 0 atom stereocenters. The highest BCUT2D eigenvalue weighted by molar-refractivity contribution is 6.04. The molecule has 0 aliphatic rings. The van der Waals surface area contributed by atoms with Crippen LogP contribution in [0.2, 0.25) is 0 Å². The monoisotopic (exact) mass is 241 g/mol. The maximum atomic E-state index is 12.0. The van der Waals surface area contributed by atoms with Crippen molar-refractivity contribution < 1.29 is 9.53 Å². The number of benzene rings is 2. The molecule has 0 unspecified atom stereocenters. The molecule has 0 fully saturated rings. The molecule has 3 heteroatoms. The largest absolute Gasteiger partial charge is 0.492 e. The van der Waals surface area contributed by atoms with Gasteiger partial charge in [-0.3, -0.25) is 4.79 Å². The number of rotatable bonds is 4. The Morgan fingerprint density at radius 3 is 2.44 bits per heavy atom. The Balaban J connectivity index is 2.17. The van der Waals surface area contributed by atoms with Crippen LogP contribution in [-0.4, -0.2) is 12.5 Å². The fourth-order valence-electron chi connectivity index (χ4n) is 1.64. The van der Waals surface area contributed by atoms with Crippen molar-refractivity contribution in [1.82, 2.24) is 0 Å². The van der Waals surface area contributed by atoms with E-state index in [2.05, 4.69) is 5.32 Å². The minimum Gasteiger partial charge on any atom is -0.492 e. The number of hydrogen-bond donors (Lipinski definition) is 1.